The Morgan fingerprint density at radius 1 is 1.27 bits per heavy atom. The summed E-state index contributed by atoms with van der Waals surface area (Å²) >= 11 is 0. The van der Waals surface area contributed by atoms with E-state index in [1.165, 1.54) is 0 Å². The quantitative estimate of drug-likeness (QED) is 0.798. The zero-order chi connectivity index (χ0) is 18.2. The molecule has 0 saturated carbocycles. The summed E-state index contributed by atoms with van der Waals surface area (Å²) in [7, 11) is 0. The van der Waals surface area contributed by atoms with Gasteiger partial charge in [0.1, 0.15) is 12.4 Å². The predicted octanol–water partition coefficient (Wildman–Crippen LogP) is 3.62. The van der Waals surface area contributed by atoms with Gasteiger partial charge in [-0.25, -0.2) is 0 Å². The van der Waals surface area contributed by atoms with Gasteiger partial charge in [0.15, 0.2) is 0 Å². The number of nitrogens with one attached hydrogen (secondary N) is 2. The summed E-state index contributed by atoms with van der Waals surface area (Å²) in [5.41, 5.74) is 1.64. The standard InChI is InChI=1S/C21H27N3O2/c1-16(17-8-11-22-12-9-17)13-21(25)24-18-6-4-7-20(14-18)26-15-19-5-2-3-10-23-19/h2-7,10,14,16-17,22H,8-9,11-13,15H2,1H3,(H,24,25). The fraction of sp³-hybridized carbons (Fsp3) is 0.429. The molecule has 1 atom stereocenters. The molecule has 2 aromatic rings. The van der Waals surface area contributed by atoms with Crippen molar-refractivity contribution in [3.8, 4) is 5.75 Å². The molecule has 0 bridgehead atoms. The zero-order valence-corrected chi connectivity index (χ0v) is 15.3. The lowest BCUT2D eigenvalue weighted by molar-refractivity contribution is -0.117. The minimum Gasteiger partial charge on any atom is -0.487 e. The van der Waals surface area contributed by atoms with Crippen molar-refractivity contribution in [1.29, 1.82) is 0 Å². The van der Waals surface area contributed by atoms with E-state index in [0.29, 0.717) is 24.9 Å². The smallest absolute Gasteiger partial charge is 0.224 e. The number of hydrogen-bond donors (Lipinski definition) is 2. The van der Waals surface area contributed by atoms with Gasteiger partial charge in [0, 0.05) is 24.4 Å². The number of ether oxygens (including phenoxy) is 1. The van der Waals surface area contributed by atoms with Crippen LogP contribution in [0.15, 0.2) is 48.7 Å². The maximum atomic E-state index is 12.4. The summed E-state index contributed by atoms with van der Waals surface area (Å²) in [6.07, 6.45) is 4.62. The summed E-state index contributed by atoms with van der Waals surface area (Å²) in [5, 5.41) is 6.37. The number of rotatable bonds is 7. The summed E-state index contributed by atoms with van der Waals surface area (Å²) in [5.74, 6) is 1.83. The lowest BCUT2D eigenvalue weighted by Gasteiger charge is -2.27. The monoisotopic (exact) mass is 353 g/mol. The lowest BCUT2D eigenvalue weighted by Crippen LogP contribution is -2.32. The predicted molar refractivity (Wildman–Crippen MR) is 103 cm³/mol. The Bertz CT molecular complexity index is 699. The van der Waals surface area contributed by atoms with E-state index in [4.69, 9.17) is 4.74 Å². The summed E-state index contributed by atoms with van der Waals surface area (Å²) in [6, 6.07) is 13.3. The van der Waals surface area contributed by atoms with Gasteiger partial charge in [-0.1, -0.05) is 19.1 Å². The van der Waals surface area contributed by atoms with Gasteiger partial charge < -0.3 is 15.4 Å². The molecule has 0 aliphatic carbocycles. The Morgan fingerprint density at radius 2 is 2.12 bits per heavy atom. The van der Waals surface area contributed by atoms with Crippen molar-refractivity contribution in [2.45, 2.75) is 32.8 Å². The second-order valence-corrected chi connectivity index (χ2v) is 6.95. The van der Waals surface area contributed by atoms with Crippen LogP contribution in [-0.4, -0.2) is 24.0 Å². The number of piperidine rings is 1. The minimum absolute atomic E-state index is 0.0675. The Morgan fingerprint density at radius 3 is 2.88 bits per heavy atom. The molecule has 1 saturated heterocycles. The Balaban J connectivity index is 1.50. The first kappa shape index (κ1) is 18.4. The van der Waals surface area contributed by atoms with Crippen LogP contribution in [0.3, 0.4) is 0 Å². The van der Waals surface area contributed by atoms with Crippen LogP contribution in [-0.2, 0) is 11.4 Å². The molecular weight excluding hydrogens is 326 g/mol. The third kappa shape index (κ3) is 5.56. The number of nitrogens with zero attached hydrogens (tertiary/aromatic N) is 1. The van der Waals surface area contributed by atoms with Gasteiger partial charge in [0.05, 0.1) is 5.69 Å². The molecule has 1 aromatic carbocycles. The van der Waals surface area contributed by atoms with Crippen LogP contribution in [0.5, 0.6) is 5.75 Å². The molecular formula is C21H27N3O2. The number of benzene rings is 1. The van der Waals surface area contributed by atoms with Crippen LogP contribution >= 0.6 is 0 Å². The van der Waals surface area contributed by atoms with Crippen molar-refractivity contribution in [3.63, 3.8) is 0 Å². The number of anilines is 1. The molecule has 0 spiro atoms. The molecule has 0 radical (unpaired) electrons. The third-order valence-electron chi connectivity index (χ3n) is 4.93. The second-order valence-electron chi connectivity index (χ2n) is 6.95. The number of aromatic nitrogens is 1. The minimum atomic E-state index is 0.0675. The van der Waals surface area contributed by atoms with Crippen molar-refractivity contribution in [3.05, 3.63) is 54.4 Å². The molecule has 2 heterocycles. The summed E-state index contributed by atoms with van der Waals surface area (Å²) in [6.45, 7) is 4.71. The first-order chi connectivity index (χ1) is 12.7. The van der Waals surface area contributed by atoms with Gasteiger partial charge in [0.25, 0.3) is 0 Å². The van der Waals surface area contributed by atoms with E-state index in [9.17, 15) is 4.79 Å². The molecule has 1 fully saturated rings. The molecule has 1 aliphatic heterocycles. The third-order valence-corrected chi connectivity index (χ3v) is 4.93. The van der Waals surface area contributed by atoms with Crippen molar-refractivity contribution in [1.82, 2.24) is 10.3 Å². The molecule has 1 unspecified atom stereocenters. The highest BCUT2D eigenvalue weighted by molar-refractivity contribution is 5.91. The van der Waals surface area contributed by atoms with Gasteiger partial charge in [0.2, 0.25) is 5.91 Å². The van der Waals surface area contributed by atoms with Crippen molar-refractivity contribution >= 4 is 11.6 Å². The summed E-state index contributed by atoms with van der Waals surface area (Å²) in [4.78, 5) is 16.6. The van der Waals surface area contributed by atoms with Gasteiger partial charge in [-0.15, -0.1) is 0 Å². The first-order valence-corrected chi connectivity index (χ1v) is 9.34. The molecule has 5 heteroatoms. The van der Waals surface area contributed by atoms with Crippen LogP contribution in [0.2, 0.25) is 0 Å². The van der Waals surface area contributed by atoms with E-state index in [0.717, 1.165) is 43.1 Å². The molecule has 26 heavy (non-hydrogen) atoms. The first-order valence-electron chi connectivity index (χ1n) is 9.34. The van der Waals surface area contributed by atoms with Crippen LogP contribution in [0.25, 0.3) is 0 Å². The van der Waals surface area contributed by atoms with Crippen molar-refractivity contribution in [2.75, 3.05) is 18.4 Å². The summed E-state index contributed by atoms with van der Waals surface area (Å²) < 4.78 is 5.77. The van der Waals surface area contributed by atoms with E-state index < -0.39 is 0 Å². The molecule has 1 aromatic heterocycles. The van der Waals surface area contributed by atoms with E-state index in [1.54, 1.807) is 6.20 Å². The van der Waals surface area contributed by atoms with E-state index >= 15 is 0 Å². The average molecular weight is 353 g/mol. The van der Waals surface area contributed by atoms with Crippen LogP contribution in [0.4, 0.5) is 5.69 Å². The number of hydrogen-bond acceptors (Lipinski definition) is 4. The SMILES string of the molecule is CC(CC(=O)Nc1cccc(OCc2ccccn2)c1)C1CCNCC1. The van der Waals surface area contributed by atoms with Gasteiger partial charge in [-0.05, 0) is 62.0 Å². The second kappa shape index (κ2) is 9.34. The largest absolute Gasteiger partial charge is 0.487 e. The van der Waals surface area contributed by atoms with E-state index in [1.807, 2.05) is 42.5 Å². The highest BCUT2D eigenvalue weighted by atomic mass is 16.5. The topological polar surface area (TPSA) is 63.2 Å². The molecule has 138 valence electrons. The number of carbonyl (C=O) groups is 1. The van der Waals surface area contributed by atoms with Crippen LogP contribution < -0.4 is 15.4 Å². The number of amides is 1. The molecule has 2 N–H and O–H groups in total. The van der Waals surface area contributed by atoms with Crippen molar-refractivity contribution in [2.24, 2.45) is 11.8 Å². The zero-order valence-electron chi connectivity index (χ0n) is 15.3. The normalized spacial score (nSPS) is 16.0. The van der Waals surface area contributed by atoms with Crippen LogP contribution in [0.1, 0.15) is 31.9 Å². The average Bonchev–Trinajstić information content (AvgIpc) is 2.68. The Hall–Kier alpha value is -2.40. The van der Waals surface area contributed by atoms with E-state index in [2.05, 4.69) is 22.5 Å². The van der Waals surface area contributed by atoms with Crippen LogP contribution in [0, 0.1) is 11.8 Å². The highest BCUT2D eigenvalue weighted by Crippen LogP contribution is 2.25. The molecule has 1 amide bonds. The Labute approximate surface area is 155 Å². The van der Waals surface area contributed by atoms with Crippen molar-refractivity contribution < 1.29 is 9.53 Å². The van der Waals surface area contributed by atoms with Gasteiger partial charge in [-0.2, -0.15) is 0 Å². The van der Waals surface area contributed by atoms with E-state index in [-0.39, 0.29) is 5.91 Å². The highest BCUT2D eigenvalue weighted by Gasteiger charge is 2.22. The maximum Gasteiger partial charge on any atom is 0.224 e. The number of pyridine rings is 1. The van der Waals surface area contributed by atoms with Gasteiger partial charge >= 0.3 is 0 Å². The fourth-order valence-electron chi connectivity index (χ4n) is 3.39. The molecule has 5 nitrogen and oxygen atoms in total. The number of carbonyl (C=O) groups excluding carboxylic acids is 1. The lowest BCUT2D eigenvalue weighted by atomic mass is 9.84. The van der Waals surface area contributed by atoms with Gasteiger partial charge in [-0.3, -0.25) is 9.78 Å². The Kier molecular flexibility index (Phi) is 6.61. The molecule has 1 aliphatic rings. The fourth-order valence-corrected chi connectivity index (χ4v) is 3.39. The maximum absolute atomic E-state index is 12.4. The molecule has 3 rings (SSSR count).